The molecular formula is C15H13ClN2S. The molecule has 2 nitrogen and oxygen atoms in total. The van der Waals surface area contributed by atoms with Gasteiger partial charge in [-0.3, -0.25) is 0 Å². The molecule has 0 fully saturated rings. The summed E-state index contributed by atoms with van der Waals surface area (Å²) in [5.74, 6) is 2.88. The zero-order valence-electron chi connectivity index (χ0n) is 10.3. The van der Waals surface area contributed by atoms with Crippen LogP contribution in [-0.2, 0) is 11.5 Å². The maximum absolute atomic E-state index is 5.86. The van der Waals surface area contributed by atoms with Crippen LogP contribution in [0.5, 0.6) is 0 Å². The fourth-order valence-corrected chi connectivity index (χ4v) is 2.91. The Hall–Kier alpha value is -1.45. The molecule has 0 saturated carbocycles. The number of nitrogens with zero attached hydrogens (tertiary/aromatic N) is 1. The van der Waals surface area contributed by atoms with Gasteiger partial charge in [0, 0.05) is 10.8 Å². The fourth-order valence-electron chi connectivity index (χ4n) is 1.92. The van der Waals surface area contributed by atoms with E-state index in [1.807, 2.05) is 42.1 Å². The number of rotatable bonds is 4. The van der Waals surface area contributed by atoms with Crippen LogP contribution < -0.4 is 0 Å². The van der Waals surface area contributed by atoms with Crippen molar-refractivity contribution in [1.82, 2.24) is 9.97 Å². The molecule has 0 amide bonds. The topological polar surface area (TPSA) is 28.7 Å². The summed E-state index contributed by atoms with van der Waals surface area (Å²) in [6.07, 6.45) is 0. The Morgan fingerprint density at radius 3 is 2.58 bits per heavy atom. The van der Waals surface area contributed by atoms with E-state index < -0.39 is 0 Å². The Kier molecular flexibility index (Phi) is 3.76. The maximum atomic E-state index is 5.86. The molecule has 0 aliphatic heterocycles. The molecular weight excluding hydrogens is 276 g/mol. The van der Waals surface area contributed by atoms with Gasteiger partial charge in [-0.1, -0.05) is 35.9 Å². The van der Waals surface area contributed by atoms with E-state index in [2.05, 4.69) is 28.2 Å². The predicted molar refractivity (Wildman–Crippen MR) is 82.5 cm³/mol. The zero-order chi connectivity index (χ0) is 13.1. The minimum atomic E-state index is 0.783. The number of nitrogens with one attached hydrogen (secondary N) is 1. The van der Waals surface area contributed by atoms with Crippen LogP contribution in [0.4, 0.5) is 0 Å². The number of hydrogen-bond donors (Lipinski definition) is 1. The molecule has 3 aromatic rings. The van der Waals surface area contributed by atoms with Crippen LogP contribution in [0.25, 0.3) is 11.0 Å². The van der Waals surface area contributed by atoms with E-state index >= 15 is 0 Å². The van der Waals surface area contributed by atoms with Crippen molar-refractivity contribution in [3.05, 3.63) is 64.9 Å². The number of halogens is 1. The van der Waals surface area contributed by atoms with Crippen molar-refractivity contribution in [2.24, 2.45) is 0 Å². The molecule has 96 valence electrons. The Balaban J connectivity index is 1.61. The van der Waals surface area contributed by atoms with Crippen LogP contribution in [0.15, 0.2) is 48.5 Å². The monoisotopic (exact) mass is 288 g/mol. The molecule has 3 rings (SSSR count). The van der Waals surface area contributed by atoms with E-state index in [-0.39, 0.29) is 0 Å². The summed E-state index contributed by atoms with van der Waals surface area (Å²) in [5, 5.41) is 0.783. The Morgan fingerprint density at radius 1 is 1.00 bits per heavy atom. The van der Waals surface area contributed by atoms with Crippen LogP contribution in [0.1, 0.15) is 11.4 Å². The fraction of sp³-hybridized carbons (Fsp3) is 0.133. The molecule has 0 spiro atoms. The molecule has 0 unspecified atom stereocenters. The van der Waals surface area contributed by atoms with Crippen molar-refractivity contribution in [3.63, 3.8) is 0 Å². The second kappa shape index (κ2) is 5.68. The molecule has 0 aliphatic carbocycles. The molecule has 2 aromatic carbocycles. The van der Waals surface area contributed by atoms with E-state index in [1.165, 1.54) is 5.56 Å². The summed E-state index contributed by atoms with van der Waals surface area (Å²) < 4.78 is 0. The van der Waals surface area contributed by atoms with Gasteiger partial charge in [-0.2, -0.15) is 0 Å². The summed E-state index contributed by atoms with van der Waals surface area (Å²) in [6.45, 7) is 0. The van der Waals surface area contributed by atoms with Crippen LogP contribution in [0.2, 0.25) is 5.02 Å². The van der Waals surface area contributed by atoms with Crippen LogP contribution in [0.3, 0.4) is 0 Å². The lowest BCUT2D eigenvalue weighted by atomic mass is 10.2. The Morgan fingerprint density at radius 2 is 1.79 bits per heavy atom. The van der Waals surface area contributed by atoms with Crippen LogP contribution in [0, 0.1) is 0 Å². The summed E-state index contributed by atoms with van der Waals surface area (Å²) in [6, 6.07) is 16.1. The summed E-state index contributed by atoms with van der Waals surface area (Å²) >= 11 is 7.71. The van der Waals surface area contributed by atoms with Crippen molar-refractivity contribution < 1.29 is 0 Å². The molecule has 4 heteroatoms. The molecule has 0 saturated heterocycles. The average Bonchev–Trinajstić information content (AvgIpc) is 2.83. The number of benzene rings is 2. The minimum absolute atomic E-state index is 0.783. The number of aromatic nitrogens is 2. The highest BCUT2D eigenvalue weighted by Crippen LogP contribution is 2.19. The van der Waals surface area contributed by atoms with E-state index in [0.29, 0.717) is 0 Å². The largest absolute Gasteiger partial charge is 0.341 e. The molecule has 1 heterocycles. The first-order valence-electron chi connectivity index (χ1n) is 6.07. The highest BCUT2D eigenvalue weighted by atomic mass is 35.5. The maximum Gasteiger partial charge on any atom is 0.117 e. The highest BCUT2D eigenvalue weighted by molar-refractivity contribution is 7.97. The van der Waals surface area contributed by atoms with Gasteiger partial charge in [0.1, 0.15) is 5.82 Å². The van der Waals surface area contributed by atoms with Gasteiger partial charge in [-0.15, -0.1) is 11.8 Å². The molecule has 1 aromatic heterocycles. The van der Waals surface area contributed by atoms with Gasteiger partial charge < -0.3 is 4.98 Å². The second-order valence-electron chi connectivity index (χ2n) is 4.32. The number of thioether (sulfide) groups is 1. The van der Waals surface area contributed by atoms with Crippen molar-refractivity contribution in [1.29, 1.82) is 0 Å². The van der Waals surface area contributed by atoms with Crippen molar-refractivity contribution >= 4 is 34.4 Å². The molecule has 19 heavy (non-hydrogen) atoms. The van der Waals surface area contributed by atoms with Crippen molar-refractivity contribution in [2.45, 2.75) is 11.5 Å². The number of hydrogen-bond acceptors (Lipinski definition) is 2. The zero-order valence-corrected chi connectivity index (χ0v) is 11.8. The SMILES string of the molecule is Clc1ccc(CSCc2nc3ccccc3[nH]2)cc1. The quantitative estimate of drug-likeness (QED) is 0.757. The third-order valence-corrected chi connectivity index (χ3v) is 4.13. The van der Waals surface area contributed by atoms with Gasteiger partial charge in [0.05, 0.1) is 16.8 Å². The number of aromatic amines is 1. The third-order valence-electron chi connectivity index (χ3n) is 2.86. The van der Waals surface area contributed by atoms with E-state index in [9.17, 15) is 0 Å². The first kappa shape index (κ1) is 12.6. The molecule has 0 radical (unpaired) electrons. The third kappa shape index (κ3) is 3.11. The van der Waals surface area contributed by atoms with Gasteiger partial charge in [0.25, 0.3) is 0 Å². The summed E-state index contributed by atoms with van der Waals surface area (Å²) in [7, 11) is 0. The standard InChI is InChI=1S/C15H13ClN2S/c16-12-7-5-11(6-8-12)9-19-10-15-17-13-3-1-2-4-14(13)18-15/h1-8H,9-10H2,(H,17,18). The van der Waals surface area contributed by atoms with Crippen molar-refractivity contribution in [2.75, 3.05) is 0 Å². The van der Waals surface area contributed by atoms with Gasteiger partial charge in [-0.25, -0.2) is 4.98 Å². The lowest BCUT2D eigenvalue weighted by Gasteiger charge is -2.00. The average molecular weight is 289 g/mol. The van der Waals surface area contributed by atoms with Gasteiger partial charge >= 0.3 is 0 Å². The van der Waals surface area contributed by atoms with Gasteiger partial charge in [0.15, 0.2) is 0 Å². The number of para-hydroxylation sites is 2. The number of fused-ring (bicyclic) bond motifs is 1. The van der Waals surface area contributed by atoms with Crippen LogP contribution in [-0.4, -0.2) is 9.97 Å². The smallest absolute Gasteiger partial charge is 0.117 e. The molecule has 0 atom stereocenters. The highest BCUT2D eigenvalue weighted by Gasteiger charge is 2.02. The van der Waals surface area contributed by atoms with E-state index in [4.69, 9.17) is 11.6 Å². The second-order valence-corrected chi connectivity index (χ2v) is 5.74. The van der Waals surface area contributed by atoms with Gasteiger partial charge in [-0.05, 0) is 29.8 Å². The lowest BCUT2D eigenvalue weighted by molar-refractivity contribution is 1.14. The minimum Gasteiger partial charge on any atom is -0.341 e. The Bertz CT molecular complexity index is 643. The summed E-state index contributed by atoms with van der Waals surface area (Å²) in [4.78, 5) is 7.90. The predicted octanol–water partition coefficient (Wildman–Crippen LogP) is 4.65. The first-order valence-corrected chi connectivity index (χ1v) is 7.60. The molecule has 0 bridgehead atoms. The van der Waals surface area contributed by atoms with E-state index in [1.54, 1.807) is 0 Å². The van der Waals surface area contributed by atoms with E-state index in [0.717, 1.165) is 33.4 Å². The summed E-state index contributed by atoms with van der Waals surface area (Å²) in [5.41, 5.74) is 3.42. The number of imidazole rings is 1. The molecule has 1 N–H and O–H groups in total. The lowest BCUT2D eigenvalue weighted by Crippen LogP contribution is -1.85. The van der Waals surface area contributed by atoms with Crippen LogP contribution >= 0.6 is 23.4 Å². The number of H-pyrrole nitrogens is 1. The van der Waals surface area contributed by atoms with Gasteiger partial charge in [0.2, 0.25) is 0 Å². The normalized spacial score (nSPS) is 11.0. The Labute approximate surface area is 121 Å². The first-order chi connectivity index (χ1) is 9.31. The molecule has 0 aliphatic rings. The van der Waals surface area contributed by atoms with Crippen molar-refractivity contribution in [3.8, 4) is 0 Å².